The maximum Gasteiger partial charge on any atom is 0.203 e. The number of aromatic hydroxyl groups is 4. The number of ether oxygens (including phenoxy) is 1. The van der Waals surface area contributed by atoms with Crippen LogP contribution in [0.1, 0.15) is 23.6 Å². The number of hydrogen-bond acceptors (Lipinski definition) is 5. The lowest BCUT2D eigenvalue weighted by Crippen LogP contribution is -1.95. The lowest BCUT2D eigenvalue weighted by Gasteiger charge is -2.14. The lowest BCUT2D eigenvalue weighted by molar-refractivity contribution is 0.298. The van der Waals surface area contributed by atoms with Crippen molar-refractivity contribution >= 4 is 5.57 Å². The fourth-order valence-electron chi connectivity index (χ4n) is 2.23. The zero-order valence-corrected chi connectivity index (χ0v) is 12.4. The molecule has 22 heavy (non-hydrogen) atoms. The van der Waals surface area contributed by atoms with E-state index in [1.807, 2.05) is 0 Å². The van der Waals surface area contributed by atoms with Gasteiger partial charge >= 0.3 is 0 Å². The summed E-state index contributed by atoms with van der Waals surface area (Å²) in [7, 11) is 0. The van der Waals surface area contributed by atoms with Gasteiger partial charge in [-0.1, -0.05) is 12.6 Å². The van der Waals surface area contributed by atoms with Crippen LogP contribution in [0.5, 0.6) is 28.7 Å². The van der Waals surface area contributed by atoms with Gasteiger partial charge in [-0.05, 0) is 48.7 Å². The van der Waals surface area contributed by atoms with Crippen LogP contribution in [-0.4, -0.2) is 27.0 Å². The van der Waals surface area contributed by atoms with Crippen LogP contribution in [0.4, 0.5) is 0 Å². The van der Waals surface area contributed by atoms with Gasteiger partial charge in [0.25, 0.3) is 0 Å². The molecule has 0 heterocycles. The summed E-state index contributed by atoms with van der Waals surface area (Å²) in [6.45, 7) is 7.63. The molecule has 2 rings (SSSR count). The van der Waals surface area contributed by atoms with Crippen LogP contribution >= 0.6 is 0 Å². The SMILES string of the molecule is C=C(c1cc(O)c(OCC)c(O)c1)c1ccc(O)c(O)c1C. The van der Waals surface area contributed by atoms with E-state index in [4.69, 9.17) is 4.74 Å². The van der Waals surface area contributed by atoms with E-state index >= 15 is 0 Å². The fourth-order valence-corrected chi connectivity index (χ4v) is 2.23. The van der Waals surface area contributed by atoms with Crippen LogP contribution in [0.3, 0.4) is 0 Å². The third-order valence-electron chi connectivity index (χ3n) is 3.42. The second kappa shape index (κ2) is 5.89. The number of phenols is 4. The maximum atomic E-state index is 9.95. The molecule has 0 aliphatic heterocycles. The third kappa shape index (κ3) is 2.65. The van der Waals surface area contributed by atoms with Gasteiger partial charge in [-0.25, -0.2) is 0 Å². The monoisotopic (exact) mass is 302 g/mol. The van der Waals surface area contributed by atoms with Crippen LogP contribution in [0, 0.1) is 6.92 Å². The first kappa shape index (κ1) is 15.6. The molecular formula is C17H18O5. The van der Waals surface area contributed by atoms with Gasteiger partial charge in [0.05, 0.1) is 6.61 Å². The Kier molecular flexibility index (Phi) is 4.17. The minimum atomic E-state index is -0.224. The van der Waals surface area contributed by atoms with Crippen molar-refractivity contribution in [2.45, 2.75) is 13.8 Å². The zero-order chi connectivity index (χ0) is 16.4. The summed E-state index contributed by atoms with van der Waals surface area (Å²) < 4.78 is 5.16. The predicted octanol–water partition coefficient (Wildman–Crippen LogP) is 3.28. The maximum absolute atomic E-state index is 9.95. The third-order valence-corrected chi connectivity index (χ3v) is 3.42. The van der Waals surface area contributed by atoms with Crippen molar-refractivity contribution < 1.29 is 25.2 Å². The first-order valence-electron chi connectivity index (χ1n) is 6.76. The minimum Gasteiger partial charge on any atom is -0.504 e. The predicted molar refractivity (Wildman–Crippen MR) is 83.6 cm³/mol. The van der Waals surface area contributed by atoms with E-state index in [2.05, 4.69) is 6.58 Å². The lowest BCUT2D eigenvalue weighted by atomic mass is 9.94. The number of benzene rings is 2. The summed E-state index contributed by atoms with van der Waals surface area (Å²) in [5.74, 6) is -0.814. The second-order valence-corrected chi connectivity index (χ2v) is 4.86. The second-order valence-electron chi connectivity index (χ2n) is 4.86. The molecule has 0 unspecified atom stereocenters. The average molecular weight is 302 g/mol. The molecule has 0 aliphatic carbocycles. The normalized spacial score (nSPS) is 10.5. The van der Waals surface area contributed by atoms with E-state index in [-0.39, 0.29) is 28.7 Å². The van der Waals surface area contributed by atoms with Crippen molar-refractivity contribution in [3.05, 3.63) is 47.5 Å². The van der Waals surface area contributed by atoms with Gasteiger partial charge in [-0.15, -0.1) is 0 Å². The van der Waals surface area contributed by atoms with E-state index in [9.17, 15) is 20.4 Å². The summed E-state index contributed by atoms with van der Waals surface area (Å²) in [5, 5.41) is 39.2. The molecule has 0 aliphatic rings. The highest BCUT2D eigenvalue weighted by Crippen LogP contribution is 2.41. The summed E-state index contributed by atoms with van der Waals surface area (Å²) in [6.07, 6.45) is 0. The molecule has 0 bridgehead atoms. The van der Waals surface area contributed by atoms with Crippen LogP contribution in [0.15, 0.2) is 30.8 Å². The van der Waals surface area contributed by atoms with Gasteiger partial charge in [0, 0.05) is 5.56 Å². The first-order chi connectivity index (χ1) is 10.4. The first-order valence-corrected chi connectivity index (χ1v) is 6.76. The number of hydrogen-bond donors (Lipinski definition) is 4. The minimum absolute atomic E-state index is 0.0179. The Bertz CT molecular complexity index is 711. The Morgan fingerprint density at radius 3 is 2.18 bits per heavy atom. The highest BCUT2D eigenvalue weighted by atomic mass is 16.5. The van der Waals surface area contributed by atoms with Crippen LogP contribution in [-0.2, 0) is 0 Å². The highest BCUT2D eigenvalue weighted by molar-refractivity contribution is 5.83. The van der Waals surface area contributed by atoms with Crippen LogP contribution < -0.4 is 4.74 Å². The van der Waals surface area contributed by atoms with Crippen LogP contribution in [0.25, 0.3) is 5.57 Å². The van der Waals surface area contributed by atoms with Crippen molar-refractivity contribution in [1.82, 2.24) is 0 Å². The van der Waals surface area contributed by atoms with Crippen molar-refractivity contribution in [2.75, 3.05) is 6.61 Å². The van der Waals surface area contributed by atoms with Gasteiger partial charge in [-0.3, -0.25) is 0 Å². The smallest absolute Gasteiger partial charge is 0.203 e. The Hall–Kier alpha value is -2.82. The molecule has 0 radical (unpaired) electrons. The van der Waals surface area contributed by atoms with Crippen molar-refractivity contribution in [2.24, 2.45) is 0 Å². The Labute approximate surface area is 128 Å². The molecule has 2 aromatic carbocycles. The quantitative estimate of drug-likeness (QED) is 0.651. The van der Waals surface area contributed by atoms with E-state index in [0.717, 1.165) is 0 Å². The summed E-state index contributed by atoms with van der Waals surface area (Å²) in [4.78, 5) is 0. The molecule has 4 N–H and O–H groups in total. The molecule has 0 saturated carbocycles. The average Bonchev–Trinajstić information content (AvgIpc) is 2.48. The molecule has 5 nitrogen and oxygen atoms in total. The van der Waals surface area contributed by atoms with Gasteiger partial charge < -0.3 is 25.2 Å². The van der Waals surface area contributed by atoms with Crippen LogP contribution in [0.2, 0.25) is 0 Å². The number of phenolic OH excluding ortho intramolecular Hbond substituents is 4. The molecule has 0 aromatic heterocycles. The molecule has 0 atom stereocenters. The van der Waals surface area contributed by atoms with E-state index < -0.39 is 0 Å². The molecule has 116 valence electrons. The van der Waals surface area contributed by atoms with E-state index in [0.29, 0.717) is 28.9 Å². The van der Waals surface area contributed by atoms with Crippen molar-refractivity contribution in [3.63, 3.8) is 0 Å². The van der Waals surface area contributed by atoms with E-state index in [1.54, 1.807) is 19.9 Å². The molecule has 0 fully saturated rings. The van der Waals surface area contributed by atoms with Crippen molar-refractivity contribution in [3.8, 4) is 28.7 Å². The topological polar surface area (TPSA) is 90.2 Å². The Morgan fingerprint density at radius 1 is 1.05 bits per heavy atom. The molecule has 5 heteroatoms. The van der Waals surface area contributed by atoms with Gasteiger partial charge in [0.1, 0.15) is 0 Å². The molecule has 0 amide bonds. The fraction of sp³-hybridized carbons (Fsp3) is 0.176. The summed E-state index contributed by atoms with van der Waals surface area (Å²) in [5.41, 5.74) is 2.02. The Morgan fingerprint density at radius 2 is 1.64 bits per heavy atom. The summed E-state index contributed by atoms with van der Waals surface area (Å²) in [6, 6.07) is 5.82. The van der Waals surface area contributed by atoms with Crippen molar-refractivity contribution in [1.29, 1.82) is 0 Å². The molecule has 0 spiro atoms. The standard InChI is InChI=1S/C17H18O5/c1-4-22-17-14(19)7-11(8-15(17)20)9(2)12-5-6-13(18)16(21)10(12)3/h5-8,18-21H,2,4H2,1,3H3. The van der Waals surface area contributed by atoms with E-state index in [1.165, 1.54) is 18.2 Å². The van der Waals surface area contributed by atoms with Gasteiger partial charge in [0.15, 0.2) is 23.0 Å². The molecule has 2 aromatic rings. The number of rotatable bonds is 4. The highest BCUT2D eigenvalue weighted by Gasteiger charge is 2.16. The zero-order valence-electron chi connectivity index (χ0n) is 12.4. The van der Waals surface area contributed by atoms with Gasteiger partial charge in [0.2, 0.25) is 5.75 Å². The summed E-state index contributed by atoms with van der Waals surface area (Å²) >= 11 is 0. The molecular weight excluding hydrogens is 284 g/mol. The largest absolute Gasteiger partial charge is 0.504 e. The van der Waals surface area contributed by atoms with Gasteiger partial charge in [-0.2, -0.15) is 0 Å². The Balaban J connectivity index is 2.49. The molecule has 0 saturated heterocycles.